The van der Waals surface area contributed by atoms with Crippen LogP contribution < -0.4 is 0 Å². The topological polar surface area (TPSA) is 40.6 Å². The molecule has 0 aromatic heterocycles. The van der Waals surface area contributed by atoms with Crippen molar-refractivity contribution < 1.29 is 9.59 Å². The minimum absolute atomic E-state index is 0.188. The Balaban J connectivity index is 1.50. The molecule has 0 aromatic rings. The summed E-state index contributed by atoms with van der Waals surface area (Å²) in [5.74, 6) is 2.61. The first-order chi connectivity index (χ1) is 10.8. The molecule has 2 saturated heterocycles. The van der Waals surface area contributed by atoms with Crippen molar-refractivity contribution in [3.63, 3.8) is 0 Å². The van der Waals surface area contributed by atoms with Crippen molar-refractivity contribution >= 4 is 23.6 Å². The van der Waals surface area contributed by atoms with Crippen molar-refractivity contribution in [1.29, 1.82) is 0 Å². The van der Waals surface area contributed by atoms with E-state index in [1.54, 1.807) is 11.8 Å². The molecule has 0 aromatic carbocycles. The molecule has 0 spiro atoms. The van der Waals surface area contributed by atoms with E-state index in [9.17, 15) is 9.59 Å². The second kappa shape index (κ2) is 7.71. The SMILES string of the molecule is O=C([C@@H]1CSCN1C(=O)CCC1CCCCC1)N1CCCC1. The third-order valence-electron chi connectivity index (χ3n) is 5.40. The molecule has 5 heteroatoms. The van der Waals surface area contributed by atoms with E-state index in [1.807, 2.05) is 9.80 Å². The number of likely N-dealkylation sites (tertiary alicyclic amines) is 1. The van der Waals surface area contributed by atoms with Crippen LogP contribution in [0.15, 0.2) is 0 Å². The first-order valence-electron chi connectivity index (χ1n) is 8.91. The number of rotatable bonds is 4. The van der Waals surface area contributed by atoms with Gasteiger partial charge < -0.3 is 9.80 Å². The maximum atomic E-state index is 12.6. The van der Waals surface area contributed by atoms with Crippen LogP contribution in [0.4, 0.5) is 0 Å². The van der Waals surface area contributed by atoms with Crippen LogP contribution in [0.25, 0.3) is 0 Å². The molecule has 22 heavy (non-hydrogen) atoms. The fourth-order valence-electron chi connectivity index (χ4n) is 3.99. The van der Waals surface area contributed by atoms with Gasteiger partial charge in [-0.1, -0.05) is 32.1 Å². The van der Waals surface area contributed by atoms with E-state index in [1.165, 1.54) is 32.1 Å². The van der Waals surface area contributed by atoms with Gasteiger partial charge in [0, 0.05) is 25.3 Å². The molecule has 4 nitrogen and oxygen atoms in total. The van der Waals surface area contributed by atoms with Gasteiger partial charge in [-0.05, 0) is 25.2 Å². The predicted octanol–water partition coefficient (Wildman–Crippen LogP) is 2.87. The number of amides is 2. The average Bonchev–Trinajstić information content (AvgIpc) is 3.24. The number of nitrogens with zero attached hydrogens (tertiary/aromatic N) is 2. The summed E-state index contributed by atoms with van der Waals surface area (Å²) in [5, 5.41) is 0. The highest BCUT2D eigenvalue weighted by atomic mass is 32.2. The number of thioether (sulfide) groups is 1. The Morgan fingerprint density at radius 2 is 1.73 bits per heavy atom. The minimum atomic E-state index is -0.193. The van der Waals surface area contributed by atoms with Gasteiger partial charge in [-0.15, -0.1) is 11.8 Å². The monoisotopic (exact) mass is 324 g/mol. The number of carbonyl (C=O) groups is 2. The zero-order valence-corrected chi connectivity index (χ0v) is 14.3. The molecular formula is C17H28N2O2S. The second-order valence-electron chi connectivity index (χ2n) is 6.95. The lowest BCUT2D eigenvalue weighted by molar-refractivity contribution is -0.142. The molecule has 124 valence electrons. The zero-order chi connectivity index (χ0) is 15.4. The normalized spacial score (nSPS) is 26.6. The van der Waals surface area contributed by atoms with Gasteiger partial charge in [0.15, 0.2) is 0 Å². The summed E-state index contributed by atoms with van der Waals surface area (Å²) in [4.78, 5) is 29.0. The smallest absolute Gasteiger partial charge is 0.246 e. The van der Waals surface area contributed by atoms with Crippen LogP contribution >= 0.6 is 11.8 Å². The summed E-state index contributed by atoms with van der Waals surface area (Å²) in [7, 11) is 0. The molecule has 2 amide bonds. The van der Waals surface area contributed by atoms with Gasteiger partial charge in [-0.2, -0.15) is 0 Å². The highest BCUT2D eigenvalue weighted by molar-refractivity contribution is 7.99. The van der Waals surface area contributed by atoms with Crippen LogP contribution in [-0.4, -0.2) is 52.4 Å². The fraction of sp³-hybridized carbons (Fsp3) is 0.882. The lowest BCUT2D eigenvalue weighted by Crippen LogP contribution is -2.48. The first-order valence-corrected chi connectivity index (χ1v) is 10.1. The molecule has 2 aliphatic heterocycles. The van der Waals surface area contributed by atoms with Crippen LogP contribution in [0.1, 0.15) is 57.8 Å². The van der Waals surface area contributed by atoms with Gasteiger partial charge in [0.2, 0.25) is 11.8 Å². The van der Waals surface area contributed by atoms with Crippen LogP contribution in [0.2, 0.25) is 0 Å². The molecule has 1 saturated carbocycles. The highest BCUT2D eigenvalue weighted by Gasteiger charge is 2.37. The summed E-state index contributed by atoms with van der Waals surface area (Å²) in [5.41, 5.74) is 0. The predicted molar refractivity (Wildman–Crippen MR) is 89.6 cm³/mol. The Kier molecular flexibility index (Phi) is 5.66. The van der Waals surface area contributed by atoms with E-state index in [0.29, 0.717) is 12.3 Å². The summed E-state index contributed by atoms with van der Waals surface area (Å²) >= 11 is 1.72. The molecule has 0 radical (unpaired) electrons. The number of hydrogen-bond acceptors (Lipinski definition) is 3. The van der Waals surface area contributed by atoms with Crippen LogP contribution in [0.5, 0.6) is 0 Å². The average molecular weight is 324 g/mol. The largest absolute Gasteiger partial charge is 0.341 e. The number of carbonyl (C=O) groups excluding carboxylic acids is 2. The summed E-state index contributed by atoms with van der Waals surface area (Å²) in [6, 6.07) is -0.193. The van der Waals surface area contributed by atoms with Gasteiger partial charge in [0.05, 0.1) is 5.88 Å². The fourth-order valence-corrected chi connectivity index (χ4v) is 5.16. The zero-order valence-electron chi connectivity index (χ0n) is 13.5. The van der Waals surface area contributed by atoms with Crippen LogP contribution in [0, 0.1) is 5.92 Å². The summed E-state index contributed by atoms with van der Waals surface area (Å²) in [6.45, 7) is 1.76. The van der Waals surface area contributed by atoms with E-state index in [0.717, 1.165) is 44.0 Å². The third-order valence-corrected chi connectivity index (χ3v) is 6.41. The lowest BCUT2D eigenvalue weighted by atomic mass is 9.86. The molecule has 3 rings (SSSR count). The molecule has 0 bridgehead atoms. The van der Waals surface area contributed by atoms with Crippen molar-refractivity contribution in [3.05, 3.63) is 0 Å². The molecule has 3 aliphatic rings. The minimum Gasteiger partial charge on any atom is -0.341 e. The van der Waals surface area contributed by atoms with E-state index in [4.69, 9.17) is 0 Å². The third kappa shape index (κ3) is 3.79. The maximum absolute atomic E-state index is 12.6. The first kappa shape index (κ1) is 16.2. The Morgan fingerprint density at radius 3 is 2.45 bits per heavy atom. The van der Waals surface area contributed by atoms with Gasteiger partial charge in [-0.25, -0.2) is 0 Å². The van der Waals surface area contributed by atoms with Crippen molar-refractivity contribution in [2.45, 2.75) is 63.8 Å². The highest BCUT2D eigenvalue weighted by Crippen LogP contribution is 2.29. The molecule has 2 heterocycles. The van der Waals surface area contributed by atoms with Gasteiger partial charge in [-0.3, -0.25) is 9.59 Å². The summed E-state index contributed by atoms with van der Waals surface area (Å²) in [6.07, 6.45) is 10.5. The molecule has 0 N–H and O–H groups in total. The lowest BCUT2D eigenvalue weighted by Gasteiger charge is -2.28. The van der Waals surface area contributed by atoms with Crippen molar-refractivity contribution in [2.75, 3.05) is 24.7 Å². The maximum Gasteiger partial charge on any atom is 0.246 e. The van der Waals surface area contributed by atoms with E-state index in [2.05, 4.69) is 0 Å². The molecular weight excluding hydrogens is 296 g/mol. The van der Waals surface area contributed by atoms with Gasteiger partial charge >= 0.3 is 0 Å². The quantitative estimate of drug-likeness (QED) is 0.798. The van der Waals surface area contributed by atoms with Crippen LogP contribution in [-0.2, 0) is 9.59 Å². The van der Waals surface area contributed by atoms with Gasteiger partial charge in [0.25, 0.3) is 0 Å². The molecule has 0 unspecified atom stereocenters. The second-order valence-corrected chi connectivity index (χ2v) is 7.95. The Bertz CT molecular complexity index is 403. The van der Waals surface area contributed by atoms with E-state index in [-0.39, 0.29) is 17.9 Å². The number of hydrogen-bond donors (Lipinski definition) is 0. The van der Waals surface area contributed by atoms with Crippen LogP contribution in [0.3, 0.4) is 0 Å². The van der Waals surface area contributed by atoms with Crippen molar-refractivity contribution in [1.82, 2.24) is 9.80 Å². The van der Waals surface area contributed by atoms with Gasteiger partial charge in [0.1, 0.15) is 6.04 Å². The Morgan fingerprint density at radius 1 is 1.00 bits per heavy atom. The standard InChI is InChI=1S/C17H28N2O2S/c20-16(9-8-14-6-2-1-3-7-14)19-13-22-12-15(19)17(21)18-10-4-5-11-18/h14-15H,1-13H2/t15-/m0/s1. The molecule has 1 atom stereocenters. The van der Waals surface area contributed by atoms with E-state index >= 15 is 0 Å². The van der Waals surface area contributed by atoms with E-state index < -0.39 is 0 Å². The van der Waals surface area contributed by atoms with Crippen molar-refractivity contribution in [3.8, 4) is 0 Å². The summed E-state index contributed by atoms with van der Waals surface area (Å²) < 4.78 is 0. The molecule has 1 aliphatic carbocycles. The Labute approximate surface area is 138 Å². The van der Waals surface area contributed by atoms with Crippen molar-refractivity contribution in [2.24, 2.45) is 5.92 Å². The Hall–Kier alpha value is -0.710. The molecule has 3 fully saturated rings.